The normalized spacial score (nSPS) is 29.2. The SMILES string of the molecule is Cn1ccc(-c2cccc(C(=O)N3C[C@H]4CN5C(=O)[C@H](CC(=O)OC(C)(C)C)CCCCC/C=C\[C@@H]6C[C@@]6(C(=O)NS(=O)(=O)C6CC6)NC(=O)[C@@H]5[C@H]4C3)c2)n1. The maximum absolute atomic E-state index is 14.7. The fourth-order valence-corrected chi connectivity index (χ4v) is 9.88. The number of nitrogens with one attached hydrogen (secondary N) is 2. The molecule has 7 rings (SSSR count). The second-order valence-corrected chi connectivity index (χ2v) is 19.0. The quantitative estimate of drug-likeness (QED) is 0.316. The second-order valence-electron chi connectivity index (χ2n) is 17.0. The van der Waals surface area contributed by atoms with Crippen molar-refractivity contribution < 1.29 is 37.1 Å². The number of carbonyl (C=O) groups excluding carboxylic acids is 5. The number of nitrogens with zero attached hydrogens (tertiary/aromatic N) is 4. The van der Waals surface area contributed by atoms with Crippen LogP contribution in [0, 0.1) is 23.7 Å². The van der Waals surface area contributed by atoms with Gasteiger partial charge in [-0.25, -0.2) is 8.42 Å². The zero-order chi connectivity index (χ0) is 39.3. The fourth-order valence-electron chi connectivity index (χ4n) is 8.52. The molecule has 2 saturated carbocycles. The Balaban J connectivity index is 1.18. The summed E-state index contributed by atoms with van der Waals surface area (Å²) in [4.78, 5) is 73.5. The fraction of sp³-hybridized carbons (Fsp3) is 0.600. The van der Waals surface area contributed by atoms with Crippen LogP contribution in [0.15, 0.2) is 48.7 Å². The van der Waals surface area contributed by atoms with Gasteiger partial charge in [0.15, 0.2) is 0 Å². The number of aromatic nitrogens is 2. The number of fused-ring (bicyclic) bond motifs is 4. The predicted molar refractivity (Wildman–Crippen MR) is 202 cm³/mol. The van der Waals surface area contributed by atoms with E-state index in [1.165, 1.54) is 0 Å². The minimum atomic E-state index is -3.90. The summed E-state index contributed by atoms with van der Waals surface area (Å²) in [6.45, 7) is 5.99. The molecule has 14 nitrogen and oxygen atoms in total. The molecule has 3 aliphatic heterocycles. The molecule has 5 aliphatic rings. The number of hydrogen-bond donors (Lipinski definition) is 2. The average molecular weight is 777 g/mol. The van der Waals surface area contributed by atoms with Crippen LogP contribution in [-0.2, 0) is 41.0 Å². The maximum Gasteiger partial charge on any atom is 0.307 e. The van der Waals surface area contributed by atoms with Crippen molar-refractivity contribution in [2.75, 3.05) is 19.6 Å². The Bertz CT molecular complexity index is 2000. The number of likely N-dealkylation sites (tertiary alicyclic amines) is 1. The number of benzene rings is 1. The number of rotatable bonds is 7. The van der Waals surface area contributed by atoms with Gasteiger partial charge in [0, 0.05) is 67.7 Å². The molecule has 0 bridgehead atoms. The first kappa shape index (κ1) is 38.7. The molecule has 4 heterocycles. The molecule has 0 unspecified atom stereocenters. The highest BCUT2D eigenvalue weighted by Crippen LogP contribution is 2.47. The van der Waals surface area contributed by atoms with Crippen LogP contribution < -0.4 is 10.0 Å². The molecule has 2 N–H and O–H groups in total. The number of allylic oxidation sites excluding steroid dienone is 1. The van der Waals surface area contributed by atoms with Gasteiger partial charge in [-0.1, -0.05) is 37.1 Å². The lowest BCUT2D eigenvalue weighted by Gasteiger charge is -2.33. The molecule has 6 atom stereocenters. The highest BCUT2D eigenvalue weighted by molar-refractivity contribution is 7.91. The molecule has 1 aromatic heterocycles. The van der Waals surface area contributed by atoms with Crippen LogP contribution in [0.3, 0.4) is 0 Å². The summed E-state index contributed by atoms with van der Waals surface area (Å²) in [5, 5.41) is 6.78. The van der Waals surface area contributed by atoms with E-state index < -0.39 is 68.0 Å². The Morgan fingerprint density at radius 2 is 1.82 bits per heavy atom. The molecular weight excluding hydrogens is 725 g/mol. The van der Waals surface area contributed by atoms with E-state index in [1.807, 2.05) is 37.5 Å². The molecule has 2 aromatic rings. The Morgan fingerprint density at radius 3 is 2.53 bits per heavy atom. The van der Waals surface area contributed by atoms with Crippen LogP contribution in [0.5, 0.6) is 0 Å². The van der Waals surface area contributed by atoms with Gasteiger partial charge in [-0.3, -0.25) is 33.4 Å². The number of hydrogen-bond acceptors (Lipinski definition) is 9. The largest absolute Gasteiger partial charge is 0.460 e. The summed E-state index contributed by atoms with van der Waals surface area (Å²) in [6.07, 6.45) is 10.2. The third kappa shape index (κ3) is 8.36. The van der Waals surface area contributed by atoms with Crippen molar-refractivity contribution in [3.05, 3.63) is 54.2 Å². The van der Waals surface area contributed by atoms with E-state index in [-0.39, 0.29) is 43.7 Å². The molecule has 55 heavy (non-hydrogen) atoms. The highest BCUT2D eigenvalue weighted by Gasteiger charge is 2.63. The average Bonchev–Trinajstić information content (AvgIpc) is 3.96. The Morgan fingerprint density at radius 1 is 1.04 bits per heavy atom. The van der Waals surface area contributed by atoms with E-state index in [0.717, 1.165) is 24.1 Å². The monoisotopic (exact) mass is 776 g/mol. The van der Waals surface area contributed by atoms with Crippen molar-refractivity contribution >= 4 is 39.6 Å². The topological polar surface area (TPSA) is 177 Å². The van der Waals surface area contributed by atoms with Crippen molar-refractivity contribution in [1.29, 1.82) is 0 Å². The Kier molecular flexibility index (Phi) is 10.5. The number of ether oxygens (including phenoxy) is 1. The lowest BCUT2D eigenvalue weighted by molar-refractivity contribution is -0.159. The van der Waals surface area contributed by atoms with E-state index in [1.54, 1.807) is 53.5 Å². The van der Waals surface area contributed by atoms with E-state index in [0.29, 0.717) is 44.2 Å². The lowest BCUT2D eigenvalue weighted by atomic mass is 9.92. The van der Waals surface area contributed by atoms with E-state index in [2.05, 4.69) is 15.1 Å². The molecule has 2 aliphatic carbocycles. The minimum Gasteiger partial charge on any atom is -0.460 e. The third-order valence-electron chi connectivity index (χ3n) is 11.6. The van der Waals surface area contributed by atoms with Gasteiger partial charge < -0.3 is 19.9 Å². The van der Waals surface area contributed by atoms with Crippen molar-refractivity contribution in [1.82, 2.24) is 29.6 Å². The number of aryl methyl sites for hydroxylation is 1. The van der Waals surface area contributed by atoms with Crippen molar-refractivity contribution in [3.63, 3.8) is 0 Å². The third-order valence-corrected chi connectivity index (χ3v) is 13.4. The van der Waals surface area contributed by atoms with E-state index in [9.17, 15) is 32.4 Å². The van der Waals surface area contributed by atoms with Gasteiger partial charge in [-0.05, 0) is 77.5 Å². The van der Waals surface area contributed by atoms with Crippen molar-refractivity contribution in [2.24, 2.45) is 30.7 Å². The van der Waals surface area contributed by atoms with Crippen molar-refractivity contribution in [2.45, 2.75) is 101 Å². The molecule has 2 saturated heterocycles. The Hall–Kier alpha value is -4.53. The number of esters is 1. The first-order valence-corrected chi connectivity index (χ1v) is 21.1. The molecule has 15 heteroatoms. The molecule has 0 radical (unpaired) electrons. The number of sulfonamides is 1. The molecule has 296 valence electrons. The van der Waals surface area contributed by atoms with Gasteiger partial charge in [-0.2, -0.15) is 5.10 Å². The first-order chi connectivity index (χ1) is 26.0. The molecule has 1 aromatic carbocycles. The van der Waals surface area contributed by atoms with Gasteiger partial charge in [-0.15, -0.1) is 0 Å². The van der Waals surface area contributed by atoms with Gasteiger partial charge in [0.1, 0.15) is 17.2 Å². The summed E-state index contributed by atoms with van der Waals surface area (Å²) in [6, 6.07) is 8.05. The minimum absolute atomic E-state index is 0.138. The summed E-state index contributed by atoms with van der Waals surface area (Å²) in [7, 11) is -2.08. The van der Waals surface area contributed by atoms with Gasteiger partial charge >= 0.3 is 5.97 Å². The maximum atomic E-state index is 14.7. The smallest absolute Gasteiger partial charge is 0.307 e. The van der Waals surface area contributed by atoms with Crippen LogP contribution in [0.25, 0.3) is 11.3 Å². The summed E-state index contributed by atoms with van der Waals surface area (Å²) < 4.78 is 35.4. The van der Waals surface area contributed by atoms with E-state index in [4.69, 9.17) is 4.74 Å². The molecule has 4 fully saturated rings. The van der Waals surface area contributed by atoms with Crippen molar-refractivity contribution in [3.8, 4) is 11.3 Å². The summed E-state index contributed by atoms with van der Waals surface area (Å²) >= 11 is 0. The molecular formula is C40H52N6O8S. The van der Waals surface area contributed by atoms with Crippen LogP contribution >= 0.6 is 0 Å². The van der Waals surface area contributed by atoms with Crippen LogP contribution in [0.4, 0.5) is 0 Å². The van der Waals surface area contributed by atoms with Crippen LogP contribution in [0.1, 0.15) is 88.9 Å². The van der Waals surface area contributed by atoms with Crippen LogP contribution in [-0.4, -0.2) is 99.7 Å². The highest BCUT2D eigenvalue weighted by atomic mass is 32.2. The zero-order valence-corrected chi connectivity index (χ0v) is 32.8. The van der Waals surface area contributed by atoms with Gasteiger partial charge in [0.25, 0.3) is 11.8 Å². The van der Waals surface area contributed by atoms with Gasteiger partial charge in [0.2, 0.25) is 21.8 Å². The molecule has 0 spiro atoms. The molecule has 4 amide bonds. The standard InChI is InChI=1S/C40H52N6O8S/c1-39(2,3)54-33(47)20-27-11-8-6-5-7-9-14-29-21-40(29,38(51)43-55(52,53)30-15-16-30)41-35(48)34-31-24-45(22-28(31)23-46(34)37(27)50)36(49)26-13-10-12-25(19-26)32-17-18-44(4)42-32/h9-10,12-14,17-19,27-31,34H,5-8,11,15-16,20-24H2,1-4H3,(H,41,48)(H,43,51)/b14-9-/t27-,28-,29+,31-,34-,40+/m0/s1. The van der Waals surface area contributed by atoms with Crippen LogP contribution in [0.2, 0.25) is 0 Å². The predicted octanol–water partition coefficient (Wildman–Crippen LogP) is 3.34. The van der Waals surface area contributed by atoms with E-state index >= 15 is 0 Å². The number of amides is 4. The summed E-state index contributed by atoms with van der Waals surface area (Å²) in [5.74, 6) is -4.27. The number of carbonyl (C=O) groups is 5. The zero-order valence-electron chi connectivity index (χ0n) is 32.0. The summed E-state index contributed by atoms with van der Waals surface area (Å²) in [5.41, 5.74) is -0.248. The van der Waals surface area contributed by atoms with Gasteiger partial charge in [0.05, 0.1) is 17.4 Å². The Labute approximate surface area is 322 Å². The lowest BCUT2D eigenvalue weighted by Crippen LogP contribution is -2.58. The second kappa shape index (κ2) is 14.8. The first-order valence-electron chi connectivity index (χ1n) is 19.5.